The molecular formula is C17H15NO2. The quantitative estimate of drug-likeness (QED) is 0.729. The molecule has 2 aliphatic heterocycles. The zero-order valence-corrected chi connectivity index (χ0v) is 11.3. The van der Waals surface area contributed by atoms with Gasteiger partial charge in [-0.3, -0.25) is 4.79 Å². The second kappa shape index (κ2) is 3.63. The predicted molar refractivity (Wildman–Crippen MR) is 76.0 cm³/mol. The molecule has 0 aliphatic carbocycles. The van der Waals surface area contributed by atoms with Crippen molar-refractivity contribution in [3.8, 4) is 0 Å². The van der Waals surface area contributed by atoms with Crippen molar-refractivity contribution in [1.82, 2.24) is 4.90 Å². The van der Waals surface area contributed by atoms with Crippen LogP contribution in [-0.4, -0.2) is 10.8 Å². The Bertz CT molecular complexity index is 743. The Labute approximate surface area is 117 Å². The van der Waals surface area contributed by atoms with Crippen LogP contribution < -0.4 is 0 Å². The number of furan rings is 1. The third-order valence-electron chi connectivity index (χ3n) is 4.53. The van der Waals surface area contributed by atoms with Crippen LogP contribution in [0, 0.1) is 0 Å². The molecule has 0 N–H and O–H groups in total. The highest BCUT2D eigenvalue weighted by molar-refractivity contribution is 6.00. The van der Waals surface area contributed by atoms with Crippen molar-refractivity contribution in [1.29, 1.82) is 0 Å². The van der Waals surface area contributed by atoms with E-state index in [1.165, 1.54) is 0 Å². The van der Waals surface area contributed by atoms with E-state index in [1.54, 1.807) is 6.26 Å². The summed E-state index contributed by atoms with van der Waals surface area (Å²) in [4.78, 5) is 14.6. The summed E-state index contributed by atoms with van der Waals surface area (Å²) < 4.78 is 5.54. The lowest BCUT2D eigenvalue weighted by Gasteiger charge is -2.34. The molecule has 1 aromatic carbocycles. The third-order valence-corrected chi connectivity index (χ3v) is 4.53. The van der Waals surface area contributed by atoms with E-state index in [-0.39, 0.29) is 11.4 Å². The van der Waals surface area contributed by atoms with E-state index >= 15 is 0 Å². The van der Waals surface area contributed by atoms with Gasteiger partial charge in [0.15, 0.2) is 0 Å². The third kappa shape index (κ3) is 1.27. The largest absolute Gasteiger partial charge is 0.464 e. The molecule has 1 aromatic heterocycles. The molecule has 0 saturated carbocycles. The number of fused-ring (bicyclic) bond motifs is 4. The van der Waals surface area contributed by atoms with Crippen LogP contribution in [0.25, 0.3) is 5.57 Å². The SMILES string of the molecule is C=C1CC2(C)c3ccccc3C(=O)N2Cc2ccoc21. The summed E-state index contributed by atoms with van der Waals surface area (Å²) in [5.41, 5.74) is 3.58. The maximum absolute atomic E-state index is 12.7. The van der Waals surface area contributed by atoms with Crippen LogP contribution in [0.3, 0.4) is 0 Å². The molecule has 0 spiro atoms. The highest BCUT2D eigenvalue weighted by atomic mass is 16.3. The molecule has 2 aliphatic rings. The molecule has 1 atom stereocenters. The molecule has 3 heterocycles. The Hall–Kier alpha value is -2.29. The van der Waals surface area contributed by atoms with Crippen molar-refractivity contribution < 1.29 is 9.21 Å². The van der Waals surface area contributed by atoms with Gasteiger partial charge >= 0.3 is 0 Å². The number of hydrogen-bond acceptors (Lipinski definition) is 2. The van der Waals surface area contributed by atoms with E-state index in [9.17, 15) is 4.79 Å². The molecule has 3 heteroatoms. The topological polar surface area (TPSA) is 33.5 Å². The highest BCUT2D eigenvalue weighted by Crippen LogP contribution is 2.48. The smallest absolute Gasteiger partial charge is 0.255 e. The van der Waals surface area contributed by atoms with Crippen LogP contribution >= 0.6 is 0 Å². The van der Waals surface area contributed by atoms with Gasteiger partial charge < -0.3 is 9.32 Å². The van der Waals surface area contributed by atoms with Gasteiger partial charge in [0, 0.05) is 17.5 Å². The molecule has 0 saturated heterocycles. The van der Waals surface area contributed by atoms with Gasteiger partial charge in [0.2, 0.25) is 0 Å². The minimum absolute atomic E-state index is 0.102. The first kappa shape index (κ1) is 11.5. The van der Waals surface area contributed by atoms with Gasteiger partial charge in [-0.1, -0.05) is 24.8 Å². The van der Waals surface area contributed by atoms with Crippen molar-refractivity contribution in [3.63, 3.8) is 0 Å². The first-order chi connectivity index (χ1) is 9.61. The second-order valence-corrected chi connectivity index (χ2v) is 5.77. The molecular weight excluding hydrogens is 250 g/mol. The Morgan fingerprint density at radius 1 is 1.30 bits per heavy atom. The van der Waals surface area contributed by atoms with Gasteiger partial charge in [0.25, 0.3) is 5.91 Å². The molecule has 20 heavy (non-hydrogen) atoms. The van der Waals surface area contributed by atoms with E-state index in [4.69, 9.17) is 4.42 Å². The van der Waals surface area contributed by atoms with E-state index in [0.717, 1.165) is 28.0 Å². The first-order valence-corrected chi connectivity index (χ1v) is 6.77. The molecule has 1 amide bonds. The zero-order valence-electron chi connectivity index (χ0n) is 11.3. The molecule has 2 aromatic rings. The lowest BCUT2D eigenvalue weighted by atomic mass is 9.86. The molecule has 0 radical (unpaired) electrons. The van der Waals surface area contributed by atoms with Gasteiger partial charge in [-0.15, -0.1) is 0 Å². The monoisotopic (exact) mass is 265 g/mol. The zero-order chi connectivity index (χ0) is 13.9. The minimum Gasteiger partial charge on any atom is -0.464 e. The second-order valence-electron chi connectivity index (χ2n) is 5.77. The summed E-state index contributed by atoms with van der Waals surface area (Å²) in [6.45, 7) is 6.86. The predicted octanol–water partition coefficient (Wildman–Crippen LogP) is 3.57. The summed E-state index contributed by atoms with van der Waals surface area (Å²) in [6, 6.07) is 9.81. The fraction of sp³-hybridized carbons (Fsp3) is 0.235. The average molecular weight is 265 g/mol. The number of carbonyl (C=O) groups excluding carboxylic acids is 1. The van der Waals surface area contributed by atoms with Crippen LogP contribution in [0.2, 0.25) is 0 Å². The summed E-state index contributed by atoms with van der Waals surface area (Å²) in [5, 5.41) is 0. The lowest BCUT2D eigenvalue weighted by molar-refractivity contribution is 0.0576. The summed E-state index contributed by atoms with van der Waals surface area (Å²) in [7, 11) is 0. The van der Waals surface area contributed by atoms with Crippen molar-refractivity contribution in [2.45, 2.75) is 25.4 Å². The number of nitrogens with zero attached hydrogens (tertiary/aromatic N) is 1. The molecule has 0 bridgehead atoms. The maximum Gasteiger partial charge on any atom is 0.255 e. The Morgan fingerprint density at radius 2 is 2.10 bits per heavy atom. The maximum atomic E-state index is 12.7. The van der Waals surface area contributed by atoms with Gasteiger partial charge in [-0.25, -0.2) is 0 Å². The Balaban J connectivity index is 1.93. The van der Waals surface area contributed by atoms with E-state index in [1.807, 2.05) is 35.2 Å². The fourth-order valence-corrected chi connectivity index (χ4v) is 3.53. The number of hydrogen-bond donors (Lipinski definition) is 0. The van der Waals surface area contributed by atoms with Crippen molar-refractivity contribution in [3.05, 3.63) is 65.6 Å². The van der Waals surface area contributed by atoms with E-state index < -0.39 is 0 Å². The molecule has 3 nitrogen and oxygen atoms in total. The van der Waals surface area contributed by atoms with Crippen LogP contribution in [0.15, 0.2) is 47.6 Å². The molecule has 0 fully saturated rings. The van der Waals surface area contributed by atoms with Crippen LogP contribution in [0.1, 0.15) is 40.6 Å². The highest BCUT2D eigenvalue weighted by Gasteiger charge is 2.48. The standard InChI is InChI=1S/C17H15NO2/c1-11-9-17(2)14-6-4-3-5-13(14)16(19)18(17)10-12-7-8-20-15(11)12/h3-8H,1,9-10H2,2H3. The molecule has 4 rings (SSSR count). The normalized spacial score (nSPS) is 24.1. The number of rotatable bonds is 0. The summed E-state index contributed by atoms with van der Waals surface area (Å²) in [6.07, 6.45) is 2.38. The Morgan fingerprint density at radius 3 is 2.95 bits per heavy atom. The van der Waals surface area contributed by atoms with Crippen LogP contribution in [0.5, 0.6) is 0 Å². The van der Waals surface area contributed by atoms with Gasteiger partial charge in [-0.2, -0.15) is 0 Å². The first-order valence-electron chi connectivity index (χ1n) is 6.77. The van der Waals surface area contributed by atoms with Crippen LogP contribution in [-0.2, 0) is 12.1 Å². The number of benzene rings is 1. The van der Waals surface area contributed by atoms with Gasteiger partial charge in [-0.05, 0) is 30.2 Å². The lowest BCUT2D eigenvalue weighted by Crippen LogP contribution is -2.39. The number of carbonyl (C=O) groups is 1. The molecule has 1 unspecified atom stereocenters. The summed E-state index contributed by atoms with van der Waals surface area (Å²) in [5.74, 6) is 0.941. The van der Waals surface area contributed by atoms with E-state index in [0.29, 0.717) is 13.0 Å². The summed E-state index contributed by atoms with van der Waals surface area (Å²) >= 11 is 0. The fourth-order valence-electron chi connectivity index (χ4n) is 3.53. The molecule has 100 valence electrons. The average Bonchev–Trinajstić information content (AvgIpc) is 2.95. The number of amides is 1. The van der Waals surface area contributed by atoms with Crippen LogP contribution in [0.4, 0.5) is 0 Å². The van der Waals surface area contributed by atoms with Crippen molar-refractivity contribution in [2.75, 3.05) is 0 Å². The minimum atomic E-state index is -0.327. The Kier molecular flexibility index (Phi) is 2.09. The van der Waals surface area contributed by atoms with Crippen molar-refractivity contribution >= 4 is 11.5 Å². The van der Waals surface area contributed by atoms with Crippen molar-refractivity contribution in [2.24, 2.45) is 0 Å². The van der Waals surface area contributed by atoms with Gasteiger partial charge in [0.05, 0.1) is 18.3 Å². The van der Waals surface area contributed by atoms with Gasteiger partial charge in [0.1, 0.15) is 5.76 Å². The van der Waals surface area contributed by atoms with E-state index in [2.05, 4.69) is 13.5 Å².